The molecule has 1 unspecified atom stereocenters. The Labute approximate surface area is 765 Å². The summed E-state index contributed by atoms with van der Waals surface area (Å²) in [4.78, 5) is 65.9. The lowest BCUT2D eigenvalue weighted by molar-refractivity contribution is -0.409. The average molecular weight is 1970 g/mol. The van der Waals surface area contributed by atoms with E-state index in [1.54, 1.807) is 0 Å². The molecule has 59 nitrogen and oxygen atoms in total. The van der Waals surface area contributed by atoms with Crippen LogP contribution in [0, 0.1) is 0 Å². The lowest BCUT2D eigenvalue weighted by Gasteiger charge is -2.52. The van der Waals surface area contributed by atoms with E-state index in [0.717, 1.165) is 34.6 Å². The van der Waals surface area contributed by atoms with Crippen molar-refractivity contribution in [3.05, 3.63) is 0 Å². The normalized spacial score (nSPS) is 49.5. The van der Waals surface area contributed by atoms with Crippen LogP contribution in [0.5, 0.6) is 0 Å². The van der Waals surface area contributed by atoms with Crippen LogP contribution in [-0.4, -0.2) is 569 Å². The van der Waals surface area contributed by atoms with Crippen LogP contribution >= 0.6 is 0 Å². The molecule has 11 aliphatic rings. The van der Waals surface area contributed by atoms with Crippen LogP contribution in [0.4, 0.5) is 0 Å². The molecule has 33 N–H and O–H groups in total. The first-order valence-corrected chi connectivity index (χ1v) is 43.4. The summed E-state index contributed by atoms with van der Waals surface area (Å²) in [6, 6.07) is -10.0. The molecule has 11 rings (SSSR count). The molecule has 0 aromatic carbocycles. The van der Waals surface area contributed by atoms with Crippen molar-refractivity contribution in [1.29, 1.82) is 0 Å². The van der Waals surface area contributed by atoms with E-state index in [9.17, 15) is 167 Å². The van der Waals surface area contributed by atoms with E-state index in [-0.39, 0.29) is 0 Å². The van der Waals surface area contributed by atoms with Crippen LogP contribution in [0.3, 0.4) is 0 Å². The SMILES string of the molecule is CC(=O)N[C@H]1[C@H](O[C@H]2[C@H](O)[C@@H](NC(C)=O)C(O)O[C@@H]2CO[C@@H]2O[C@@H](C)[C@@H](O)[C@@H](O)[C@@H]2O)O[C@H](CO)[C@@H](O[C@@H]2O[C@H](CO[C@H]3O[C@H](CO)[C@@H](O)[C@H](O)[C@@H]3O[C@@H]3O[C@H](CO)[C@@H](O)[C@H](O[C@@H]4O[C@@H](C)[C@@H](O)[C@@H](O)[C@@H]4O)[C@H]3NC(C)=O)[C@@H](O[C@@H]3O[C@H](CO)[C@@H](O)[C@H](O)[C@H]3NC(C)=O)[C@H](O[C@H]3O[C@H](CO)[C@@H](O)[C@H](O)[C@@H]3O[C@@H]3O[C@H](CO)[C@@H](O[C@@H]4O[C@H](CO)[C@H](O)[C@H](O)[C@H]4O)[C@H](O)[C@H]3NC(C)=O)[C@@H]2O)[C@@H]1O. The zero-order valence-electron chi connectivity index (χ0n) is 73.3. The van der Waals surface area contributed by atoms with Gasteiger partial charge in [-0.25, -0.2) is 0 Å². The Bertz CT molecular complexity index is 3750. The molecule has 55 atom stereocenters. The number of ether oxygens (including phenoxy) is 21. The Morgan fingerprint density at radius 3 is 0.926 bits per heavy atom. The Kier molecular flexibility index (Phi) is 39.5. The highest BCUT2D eigenvalue weighted by Crippen LogP contribution is 2.42. The van der Waals surface area contributed by atoms with Crippen LogP contribution in [-0.2, 0) is 123 Å². The molecule has 135 heavy (non-hydrogen) atoms. The van der Waals surface area contributed by atoms with Gasteiger partial charge < -0.3 is 269 Å². The molecule has 0 aliphatic carbocycles. The predicted octanol–water partition coefficient (Wildman–Crippen LogP) is -22.2. The number of carbonyl (C=O) groups excluding carboxylic acids is 5. The summed E-state index contributed by atoms with van der Waals surface area (Å²) in [5.74, 6) is -4.95. The molecule has 0 radical (unpaired) electrons. The second kappa shape index (κ2) is 48.2. The fraction of sp³-hybridized carbons (Fsp3) is 0.934. The summed E-state index contributed by atoms with van der Waals surface area (Å²) in [6.45, 7) is -3.61. The van der Waals surface area contributed by atoms with Gasteiger partial charge in [-0.15, -0.1) is 0 Å². The number of aliphatic hydroxyl groups excluding tert-OH is 28. The quantitative estimate of drug-likeness (QED) is 0.0284. The maximum absolute atomic E-state index is 13.5. The Hall–Kier alpha value is -4.61. The van der Waals surface area contributed by atoms with E-state index in [2.05, 4.69) is 26.6 Å². The summed E-state index contributed by atoms with van der Waals surface area (Å²) >= 11 is 0. The largest absolute Gasteiger partial charge is 0.394 e. The number of hydrogen-bond donors (Lipinski definition) is 33. The fourth-order valence-electron chi connectivity index (χ4n) is 17.6. The van der Waals surface area contributed by atoms with Gasteiger partial charge in [0.2, 0.25) is 29.5 Å². The second-order valence-corrected chi connectivity index (χ2v) is 34.5. The van der Waals surface area contributed by atoms with Crippen LogP contribution in [0.2, 0.25) is 0 Å². The highest BCUT2D eigenvalue weighted by Gasteiger charge is 2.63. The van der Waals surface area contributed by atoms with Gasteiger partial charge in [-0.1, -0.05) is 0 Å². The van der Waals surface area contributed by atoms with E-state index in [4.69, 9.17) is 99.5 Å². The van der Waals surface area contributed by atoms with E-state index >= 15 is 0 Å². The predicted molar refractivity (Wildman–Crippen MR) is 417 cm³/mol. The van der Waals surface area contributed by atoms with Gasteiger partial charge in [0, 0.05) is 34.6 Å². The Morgan fingerprint density at radius 2 is 0.474 bits per heavy atom. The highest BCUT2D eigenvalue weighted by atomic mass is 16.8. The van der Waals surface area contributed by atoms with Crippen molar-refractivity contribution in [3.63, 3.8) is 0 Å². The van der Waals surface area contributed by atoms with Gasteiger partial charge in [0.1, 0.15) is 256 Å². The summed E-state index contributed by atoms with van der Waals surface area (Å²) in [7, 11) is 0. The molecule has 0 saturated carbocycles. The molecule has 5 amide bonds. The number of carbonyl (C=O) groups is 5. The second-order valence-electron chi connectivity index (χ2n) is 34.5. The van der Waals surface area contributed by atoms with Crippen molar-refractivity contribution in [2.75, 3.05) is 59.5 Å². The molecule has 11 saturated heterocycles. The van der Waals surface area contributed by atoms with Crippen LogP contribution in [0.1, 0.15) is 48.5 Å². The fourth-order valence-corrected chi connectivity index (χ4v) is 17.6. The first-order valence-electron chi connectivity index (χ1n) is 43.4. The molecule has 0 aromatic heterocycles. The molecular formula is C76H127N5O54. The minimum Gasteiger partial charge on any atom is -0.394 e. The third-order valence-corrected chi connectivity index (χ3v) is 24.9. The smallest absolute Gasteiger partial charge is 0.217 e. The highest BCUT2D eigenvalue weighted by molar-refractivity contribution is 5.75. The first-order chi connectivity index (χ1) is 63.8. The summed E-state index contributed by atoms with van der Waals surface area (Å²) < 4.78 is 128. The Morgan fingerprint density at radius 1 is 0.207 bits per heavy atom. The van der Waals surface area contributed by atoms with E-state index < -0.39 is 426 Å². The minimum absolute atomic E-state index is 0.878. The topological polar surface area (TPSA) is 906 Å². The molecule has 11 heterocycles. The molecular weight excluding hydrogens is 1850 g/mol. The molecule has 780 valence electrons. The van der Waals surface area contributed by atoms with Crippen molar-refractivity contribution >= 4 is 29.5 Å². The van der Waals surface area contributed by atoms with E-state index in [1.807, 2.05) is 0 Å². The number of nitrogens with one attached hydrogen (secondary N) is 5. The van der Waals surface area contributed by atoms with Crippen molar-refractivity contribution < 1.29 is 266 Å². The van der Waals surface area contributed by atoms with Gasteiger partial charge >= 0.3 is 0 Å². The molecule has 0 aromatic rings. The molecule has 0 spiro atoms. The summed E-state index contributed by atoms with van der Waals surface area (Å²) in [5, 5.41) is 330. The standard InChI is InChI=1S/C76H127N5O54/c1-17-38(94)49(105)54(110)71(117-17)115-15-31-60(46(102)33(66(114)119-31)77-19(3)89)128-68-35(79-21(5)91)47(103)59(30(14-88)125-68)130-74-57(113)63(133-76-65(53(109)43(99)27(11-85)124-76)135-69-36(80-22(6)92)48(104)58(29(13-87)126-69)129-73-56(112)51(107)41(97)25(9-83)122-73)61(131-67-34(78-20(4)90)45(101)40(96)24(8-82)120-67)32(127-74)16-116-75-64(52(108)42(98)26(10-84)123-75)134-70-37(81-23(7)93)62(44(100)28(12-86)121-70)132-72-55(111)50(106)39(95)18(2)118-72/h17-18,24-76,82-88,94-114H,8-16H2,1-7H3,(H,77,89)(H,78,90)(H,79,91)(H,80,92)(H,81,93)/t17-,18-,24+,25+,26+,27+,28+,29+,30+,31+,32+,33+,34+,35+,36+,37+,38+,39+,40+,41-,42+,43+,44+,45+,46+,47+,48+,49+,50+,51-,52-,53-,54-,55-,56+,57-,58+,59+,60+,61+,62+,63+,64-,65-,66?,67-,68-,69-,70-,71+,72-,73-,74-,75-,76+/m0/s1. The molecule has 11 aliphatic heterocycles. The average Bonchev–Trinajstić information content (AvgIpc) is 0.755. The van der Waals surface area contributed by atoms with E-state index in [1.165, 1.54) is 13.8 Å². The number of aliphatic hydroxyl groups is 28. The first kappa shape index (κ1) is 111. The summed E-state index contributed by atoms with van der Waals surface area (Å²) in [6.07, 6.45) is -107. The third kappa shape index (κ3) is 24.7. The molecule has 11 fully saturated rings. The van der Waals surface area contributed by atoms with Crippen molar-refractivity contribution in [2.24, 2.45) is 0 Å². The minimum atomic E-state index is -2.82. The number of rotatable bonds is 34. The van der Waals surface area contributed by atoms with Crippen molar-refractivity contribution in [1.82, 2.24) is 26.6 Å². The van der Waals surface area contributed by atoms with Crippen LogP contribution in [0.25, 0.3) is 0 Å². The van der Waals surface area contributed by atoms with Gasteiger partial charge in [0.25, 0.3) is 0 Å². The number of amides is 5. The Balaban J connectivity index is 1.02. The summed E-state index contributed by atoms with van der Waals surface area (Å²) in [5.41, 5.74) is 0. The maximum atomic E-state index is 13.5. The van der Waals surface area contributed by atoms with Gasteiger partial charge in [0.15, 0.2) is 69.2 Å². The van der Waals surface area contributed by atoms with E-state index in [0.29, 0.717) is 0 Å². The van der Waals surface area contributed by atoms with Crippen LogP contribution in [0.15, 0.2) is 0 Å². The van der Waals surface area contributed by atoms with Crippen molar-refractivity contribution in [3.8, 4) is 0 Å². The molecule has 59 heteroatoms. The van der Waals surface area contributed by atoms with Crippen LogP contribution < -0.4 is 26.6 Å². The van der Waals surface area contributed by atoms with Gasteiger partial charge in [-0.2, -0.15) is 0 Å². The maximum Gasteiger partial charge on any atom is 0.217 e. The van der Waals surface area contributed by atoms with Crippen molar-refractivity contribution in [2.45, 2.75) is 386 Å². The molecule has 0 bridgehead atoms. The number of hydrogen-bond acceptors (Lipinski definition) is 54. The zero-order chi connectivity index (χ0) is 99.4. The third-order valence-electron chi connectivity index (χ3n) is 24.9. The lowest BCUT2D eigenvalue weighted by atomic mass is 9.93. The monoisotopic (exact) mass is 1970 g/mol. The lowest BCUT2D eigenvalue weighted by Crippen LogP contribution is -2.72. The zero-order valence-corrected chi connectivity index (χ0v) is 73.3. The van der Waals surface area contributed by atoms with Gasteiger partial charge in [-0.3, -0.25) is 24.0 Å². The van der Waals surface area contributed by atoms with Gasteiger partial charge in [0.05, 0.1) is 71.7 Å². The van der Waals surface area contributed by atoms with Gasteiger partial charge in [-0.05, 0) is 13.8 Å².